The fourth-order valence-electron chi connectivity index (χ4n) is 4.60. The first-order valence-corrected chi connectivity index (χ1v) is 8.66. The number of fused-ring (bicyclic) bond motifs is 1. The summed E-state index contributed by atoms with van der Waals surface area (Å²) in [6.45, 7) is 0.946. The van der Waals surface area contributed by atoms with Gasteiger partial charge in [-0.2, -0.15) is 0 Å². The van der Waals surface area contributed by atoms with E-state index in [1.165, 1.54) is 0 Å². The van der Waals surface area contributed by atoms with Crippen LogP contribution in [0, 0.1) is 0 Å². The molecule has 1 spiro atoms. The Labute approximate surface area is 135 Å². The van der Waals surface area contributed by atoms with Crippen LogP contribution < -0.4 is 5.32 Å². The van der Waals surface area contributed by atoms with Gasteiger partial charge in [0.25, 0.3) is 5.91 Å². The van der Waals surface area contributed by atoms with Crippen molar-refractivity contribution in [1.29, 1.82) is 0 Å². The molecule has 2 heterocycles. The average Bonchev–Trinajstić information content (AvgIpc) is 3.24. The molecular formula is C16H23N3O4. The second-order valence-electron chi connectivity index (χ2n) is 7.11. The van der Waals surface area contributed by atoms with Crippen molar-refractivity contribution in [2.75, 3.05) is 19.7 Å². The molecule has 7 heteroatoms. The van der Waals surface area contributed by atoms with Gasteiger partial charge in [-0.15, -0.1) is 0 Å². The zero-order chi connectivity index (χ0) is 16.0. The van der Waals surface area contributed by atoms with E-state index >= 15 is 0 Å². The molecule has 2 aliphatic heterocycles. The molecule has 0 radical (unpaired) electrons. The maximum Gasteiger partial charge on any atom is 0.325 e. The molecule has 0 bridgehead atoms. The number of hydrogen-bond donors (Lipinski definition) is 1. The topological polar surface area (TPSA) is 79.0 Å². The van der Waals surface area contributed by atoms with Gasteiger partial charge >= 0.3 is 6.03 Å². The third-order valence-electron chi connectivity index (χ3n) is 5.80. The molecule has 2 atom stereocenters. The number of carbonyl (C=O) groups is 3. The van der Waals surface area contributed by atoms with Gasteiger partial charge in [0.15, 0.2) is 0 Å². The Kier molecular flexibility index (Phi) is 3.55. The van der Waals surface area contributed by atoms with Crippen LogP contribution in [0.1, 0.15) is 44.9 Å². The maximum atomic E-state index is 12.7. The first-order chi connectivity index (χ1) is 11.1. The van der Waals surface area contributed by atoms with E-state index in [9.17, 15) is 14.4 Å². The molecule has 2 aliphatic carbocycles. The lowest BCUT2D eigenvalue weighted by Gasteiger charge is -2.38. The summed E-state index contributed by atoms with van der Waals surface area (Å²) in [5.41, 5.74) is -0.738. The molecule has 23 heavy (non-hydrogen) atoms. The molecule has 1 N–H and O–H groups in total. The SMILES string of the molecule is O=C1NC2(CCCC2)C(=O)N1CC(=O)N1CCO[C@H]2CCC[C@H]21. The van der Waals surface area contributed by atoms with Gasteiger partial charge in [0.1, 0.15) is 12.1 Å². The summed E-state index contributed by atoms with van der Waals surface area (Å²) in [6.07, 6.45) is 6.38. The molecule has 0 aromatic rings. The first kappa shape index (κ1) is 14.9. The minimum atomic E-state index is -0.738. The lowest BCUT2D eigenvalue weighted by atomic mass is 9.98. The van der Waals surface area contributed by atoms with E-state index in [2.05, 4.69) is 5.32 Å². The molecule has 4 aliphatic rings. The molecule has 4 rings (SSSR count). The van der Waals surface area contributed by atoms with Gasteiger partial charge in [-0.25, -0.2) is 4.79 Å². The Morgan fingerprint density at radius 3 is 2.78 bits per heavy atom. The van der Waals surface area contributed by atoms with Crippen molar-refractivity contribution < 1.29 is 19.1 Å². The molecule has 2 saturated heterocycles. The quantitative estimate of drug-likeness (QED) is 0.757. The average molecular weight is 321 g/mol. The fourth-order valence-corrected chi connectivity index (χ4v) is 4.60. The van der Waals surface area contributed by atoms with E-state index in [1.54, 1.807) is 0 Å². The molecule has 126 valence electrons. The van der Waals surface area contributed by atoms with E-state index in [-0.39, 0.29) is 30.5 Å². The van der Waals surface area contributed by atoms with Crippen LogP contribution in [0.15, 0.2) is 0 Å². The van der Waals surface area contributed by atoms with E-state index in [4.69, 9.17) is 4.74 Å². The summed E-state index contributed by atoms with van der Waals surface area (Å²) in [5.74, 6) is -0.353. The minimum Gasteiger partial charge on any atom is -0.374 e. The second kappa shape index (κ2) is 5.47. The standard InChI is InChI=1S/C16H23N3O4/c20-13(18-8-9-23-12-5-3-4-11(12)18)10-19-14(21)16(17-15(19)22)6-1-2-7-16/h11-12H,1-10H2,(H,17,22)/t11-,12+/m1/s1. The van der Waals surface area contributed by atoms with Crippen LogP contribution in [0.5, 0.6) is 0 Å². The largest absolute Gasteiger partial charge is 0.374 e. The molecule has 0 unspecified atom stereocenters. The Morgan fingerprint density at radius 1 is 1.22 bits per heavy atom. The molecule has 0 aromatic heterocycles. The summed E-state index contributed by atoms with van der Waals surface area (Å²) >= 11 is 0. The Balaban J connectivity index is 1.46. The van der Waals surface area contributed by atoms with Gasteiger partial charge in [-0.3, -0.25) is 14.5 Å². The number of amides is 4. The number of carbonyl (C=O) groups excluding carboxylic acids is 3. The Morgan fingerprint density at radius 2 is 2.00 bits per heavy atom. The molecule has 4 amide bonds. The number of nitrogens with one attached hydrogen (secondary N) is 1. The first-order valence-electron chi connectivity index (χ1n) is 8.66. The normalized spacial score (nSPS) is 32.5. The van der Waals surface area contributed by atoms with E-state index in [1.807, 2.05) is 4.90 Å². The van der Waals surface area contributed by atoms with Crippen molar-refractivity contribution in [1.82, 2.24) is 15.1 Å². The van der Waals surface area contributed by atoms with E-state index in [0.29, 0.717) is 26.0 Å². The zero-order valence-electron chi connectivity index (χ0n) is 13.3. The van der Waals surface area contributed by atoms with Crippen molar-refractivity contribution in [2.24, 2.45) is 0 Å². The predicted molar refractivity (Wildman–Crippen MR) is 80.5 cm³/mol. The highest BCUT2D eigenvalue weighted by molar-refractivity contribution is 6.09. The zero-order valence-corrected chi connectivity index (χ0v) is 13.3. The summed E-state index contributed by atoms with van der Waals surface area (Å²) in [5, 5.41) is 2.83. The van der Waals surface area contributed by atoms with Gasteiger partial charge in [0, 0.05) is 6.54 Å². The number of ether oxygens (including phenoxy) is 1. The van der Waals surface area contributed by atoms with Crippen LogP contribution in [-0.2, 0) is 14.3 Å². The fraction of sp³-hybridized carbons (Fsp3) is 0.812. The number of nitrogens with zero attached hydrogens (tertiary/aromatic N) is 2. The van der Waals surface area contributed by atoms with Crippen molar-refractivity contribution in [3.63, 3.8) is 0 Å². The van der Waals surface area contributed by atoms with Gasteiger partial charge in [0.2, 0.25) is 5.91 Å². The lowest BCUT2D eigenvalue weighted by Crippen LogP contribution is -2.54. The second-order valence-corrected chi connectivity index (χ2v) is 7.11. The maximum absolute atomic E-state index is 12.7. The monoisotopic (exact) mass is 321 g/mol. The highest BCUT2D eigenvalue weighted by Crippen LogP contribution is 2.35. The highest BCUT2D eigenvalue weighted by Gasteiger charge is 2.53. The van der Waals surface area contributed by atoms with Crippen LogP contribution in [0.3, 0.4) is 0 Å². The number of hydrogen-bond acceptors (Lipinski definition) is 4. The minimum absolute atomic E-state index is 0.109. The van der Waals surface area contributed by atoms with Crippen molar-refractivity contribution in [3.8, 4) is 0 Å². The lowest BCUT2D eigenvalue weighted by molar-refractivity contribution is -0.147. The molecule has 4 fully saturated rings. The summed E-state index contributed by atoms with van der Waals surface area (Å²) < 4.78 is 5.72. The van der Waals surface area contributed by atoms with E-state index in [0.717, 1.165) is 37.0 Å². The summed E-state index contributed by atoms with van der Waals surface area (Å²) in [4.78, 5) is 40.5. The van der Waals surface area contributed by atoms with Crippen LogP contribution in [0.2, 0.25) is 0 Å². The number of urea groups is 1. The van der Waals surface area contributed by atoms with E-state index < -0.39 is 11.6 Å². The van der Waals surface area contributed by atoms with Crippen LogP contribution in [0.4, 0.5) is 4.79 Å². The molecule has 7 nitrogen and oxygen atoms in total. The van der Waals surface area contributed by atoms with Crippen molar-refractivity contribution in [3.05, 3.63) is 0 Å². The molecular weight excluding hydrogens is 298 g/mol. The molecule has 0 aromatic carbocycles. The Hall–Kier alpha value is -1.63. The van der Waals surface area contributed by atoms with Gasteiger partial charge < -0.3 is 15.0 Å². The van der Waals surface area contributed by atoms with Crippen molar-refractivity contribution in [2.45, 2.75) is 62.6 Å². The third-order valence-corrected chi connectivity index (χ3v) is 5.80. The van der Waals surface area contributed by atoms with Gasteiger partial charge in [0.05, 0.1) is 18.8 Å². The van der Waals surface area contributed by atoms with Crippen LogP contribution >= 0.6 is 0 Å². The highest BCUT2D eigenvalue weighted by atomic mass is 16.5. The smallest absolute Gasteiger partial charge is 0.325 e. The summed E-state index contributed by atoms with van der Waals surface area (Å²) in [7, 11) is 0. The van der Waals surface area contributed by atoms with Gasteiger partial charge in [-0.05, 0) is 32.1 Å². The van der Waals surface area contributed by atoms with Crippen molar-refractivity contribution >= 4 is 17.8 Å². The summed E-state index contributed by atoms with van der Waals surface area (Å²) in [6, 6.07) is -0.307. The Bertz CT molecular complexity index is 543. The number of rotatable bonds is 2. The number of imide groups is 1. The van der Waals surface area contributed by atoms with Crippen LogP contribution in [0.25, 0.3) is 0 Å². The predicted octanol–water partition coefficient (Wildman–Crippen LogP) is 0.631. The van der Waals surface area contributed by atoms with Gasteiger partial charge in [-0.1, -0.05) is 12.8 Å². The van der Waals surface area contributed by atoms with Crippen LogP contribution in [-0.4, -0.2) is 65.0 Å². The number of morpholine rings is 1. The third kappa shape index (κ3) is 2.33. The molecule has 2 saturated carbocycles.